The molecule has 0 aliphatic rings. The number of hydrogen-bond acceptors (Lipinski definition) is 5. The SMILES string of the molecule is COc1ccc(NC(=O)Cn2c(=O)n(-c3ccc(Cl)cc3)c(=O)c3sccc32)cc1F. The molecule has 2 heterocycles. The van der Waals surface area contributed by atoms with Gasteiger partial charge in [0.15, 0.2) is 11.6 Å². The molecule has 158 valence electrons. The molecule has 0 aliphatic heterocycles. The van der Waals surface area contributed by atoms with E-state index < -0.39 is 23.0 Å². The van der Waals surface area contributed by atoms with E-state index >= 15 is 0 Å². The number of fused-ring (bicyclic) bond motifs is 1. The third-order valence-electron chi connectivity index (χ3n) is 4.58. The Morgan fingerprint density at radius 2 is 1.90 bits per heavy atom. The van der Waals surface area contributed by atoms with Crippen molar-refractivity contribution in [3.05, 3.63) is 85.6 Å². The van der Waals surface area contributed by atoms with Crippen LogP contribution in [-0.4, -0.2) is 22.2 Å². The van der Waals surface area contributed by atoms with Gasteiger partial charge in [0, 0.05) is 16.8 Å². The number of amides is 1. The number of thiophene rings is 1. The number of nitrogens with zero attached hydrogens (tertiary/aromatic N) is 2. The normalized spacial score (nSPS) is 10.9. The molecule has 0 aliphatic carbocycles. The first-order chi connectivity index (χ1) is 14.9. The van der Waals surface area contributed by atoms with Gasteiger partial charge in [-0.2, -0.15) is 0 Å². The van der Waals surface area contributed by atoms with Gasteiger partial charge >= 0.3 is 5.69 Å². The van der Waals surface area contributed by atoms with Crippen LogP contribution in [0.2, 0.25) is 5.02 Å². The zero-order valence-corrected chi connectivity index (χ0v) is 17.7. The average molecular weight is 460 g/mol. The minimum atomic E-state index is -0.672. The van der Waals surface area contributed by atoms with Crippen LogP contribution in [0.1, 0.15) is 0 Å². The highest BCUT2D eigenvalue weighted by atomic mass is 35.5. The summed E-state index contributed by atoms with van der Waals surface area (Å²) in [4.78, 5) is 38.7. The molecule has 2 aromatic heterocycles. The second-order valence-electron chi connectivity index (χ2n) is 6.52. The van der Waals surface area contributed by atoms with Crippen LogP contribution in [0.25, 0.3) is 15.9 Å². The molecule has 7 nitrogen and oxygen atoms in total. The van der Waals surface area contributed by atoms with E-state index in [2.05, 4.69) is 5.32 Å². The summed E-state index contributed by atoms with van der Waals surface area (Å²) < 4.78 is 21.3. The van der Waals surface area contributed by atoms with Crippen molar-refractivity contribution in [3.63, 3.8) is 0 Å². The highest BCUT2D eigenvalue weighted by Gasteiger charge is 2.18. The van der Waals surface area contributed by atoms with Gasteiger partial charge in [-0.1, -0.05) is 11.6 Å². The Morgan fingerprint density at radius 1 is 1.16 bits per heavy atom. The molecule has 0 unspecified atom stereocenters. The number of halogens is 2. The summed E-state index contributed by atoms with van der Waals surface area (Å²) in [6, 6.07) is 11.8. The topological polar surface area (TPSA) is 82.3 Å². The van der Waals surface area contributed by atoms with Gasteiger partial charge < -0.3 is 10.1 Å². The number of nitrogens with one attached hydrogen (secondary N) is 1. The quantitative estimate of drug-likeness (QED) is 0.494. The number of methoxy groups -OCH3 is 1. The largest absolute Gasteiger partial charge is 0.494 e. The number of carbonyl (C=O) groups is 1. The van der Waals surface area contributed by atoms with Crippen molar-refractivity contribution in [3.8, 4) is 11.4 Å². The Hall–Kier alpha value is -3.43. The fraction of sp³-hybridized carbons (Fsp3) is 0.0952. The van der Waals surface area contributed by atoms with E-state index in [0.29, 0.717) is 20.9 Å². The number of rotatable bonds is 5. The van der Waals surface area contributed by atoms with Crippen LogP contribution >= 0.6 is 22.9 Å². The first kappa shape index (κ1) is 20.8. The Morgan fingerprint density at radius 3 is 2.58 bits per heavy atom. The minimum Gasteiger partial charge on any atom is -0.494 e. The number of carbonyl (C=O) groups excluding carboxylic acids is 1. The van der Waals surface area contributed by atoms with E-state index in [1.54, 1.807) is 35.7 Å². The van der Waals surface area contributed by atoms with E-state index in [-0.39, 0.29) is 18.0 Å². The summed E-state index contributed by atoms with van der Waals surface area (Å²) in [6.07, 6.45) is 0. The van der Waals surface area contributed by atoms with E-state index in [0.717, 1.165) is 10.6 Å². The Kier molecular flexibility index (Phi) is 5.62. The zero-order valence-electron chi connectivity index (χ0n) is 16.1. The molecule has 10 heteroatoms. The van der Waals surface area contributed by atoms with Crippen molar-refractivity contribution < 1.29 is 13.9 Å². The molecule has 0 spiro atoms. The van der Waals surface area contributed by atoms with E-state index in [4.69, 9.17) is 16.3 Å². The van der Waals surface area contributed by atoms with Crippen LogP contribution in [-0.2, 0) is 11.3 Å². The highest BCUT2D eigenvalue weighted by Crippen LogP contribution is 2.21. The summed E-state index contributed by atoms with van der Waals surface area (Å²) in [7, 11) is 1.34. The van der Waals surface area contributed by atoms with Crippen molar-refractivity contribution in [2.45, 2.75) is 6.54 Å². The molecule has 4 aromatic rings. The molecule has 0 saturated carbocycles. The minimum absolute atomic E-state index is 0.0456. The van der Waals surface area contributed by atoms with Gasteiger partial charge in [0.25, 0.3) is 5.56 Å². The average Bonchev–Trinajstić information content (AvgIpc) is 3.23. The summed E-state index contributed by atoms with van der Waals surface area (Å²) in [5.41, 5.74) is -0.258. The number of ether oxygens (including phenoxy) is 1. The lowest BCUT2D eigenvalue weighted by Gasteiger charge is -2.13. The highest BCUT2D eigenvalue weighted by molar-refractivity contribution is 7.17. The molecule has 0 saturated heterocycles. The van der Waals surface area contributed by atoms with Crippen LogP contribution in [0.15, 0.2) is 63.5 Å². The summed E-state index contributed by atoms with van der Waals surface area (Å²) in [5.74, 6) is -1.14. The van der Waals surface area contributed by atoms with Gasteiger partial charge in [-0.25, -0.2) is 13.8 Å². The molecule has 1 amide bonds. The van der Waals surface area contributed by atoms with Gasteiger partial charge in [-0.05, 0) is 47.8 Å². The van der Waals surface area contributed by atoms with Crippen LogP contribution in [0.4, 0.5) is 10.1 Å². The summed E-state index contributed by atoms with van der Waals surface area (Å²) in [5, 5.41) is 4.68. The van der Waals surface area contributed by atoms with E-state index in [1.165, 1.54) is 35.1 Å². The third kappa shape index (κ3) is 3.97. The van der Waals surface area contributed by atoms with Crippen molar-refractivity contribution in [1.29, 1.82) is 0 Å². The first-order valence-electron chi connectivity index (χ1n) is 9.01. The van der Waals surface area contributed by atoms with Crippen molar-refractivity contribution in [2.75, 3.05) is 12.4 Å². The molecule has 2 aromatic carbocycles. The van der Waals surface area contributed by atoms with Crippen molar-refractivity contribution in [2.24, 2.45) is 0 Å². The van der Waals surface area contributed by atoms with E-state index in [1.807, 2.05) is 0 Å². The van der Waals surface area contributed by atoms with Crippen molar-refractivity contribution >= 4 is 44.7 Å². The maximum Gasteiger partial charge on any atom is 0.336 e. The molecule has 31 heavy (non-hydrogen) atoms. The number of aromatic nitrogens is 2. The number of benzene rings is 2. The Bertz CT molecular complexity index is 1410. The van der Waals surface area contributed by atoms with Gasteiger partial charge in [0.2, 0.25) is 5.91 Å². The number of anilines is 1. The fourth-order valence-electron chi connectivity index (χ4n) is 3.15. The van der Waals surface area contributed by atoms with Crippen LogP contribution in [0, 0.1) is 5.82 Å². The lowest BCUT2D eigenvalue weighted by Crippen LogP contribution is -2.40. The predicted molar refractivity (Wildman–Crippen MR) is 118 cm³/mol. The van der Waals surface area contributed by atoms with Crippen LogP contribution in [0.3, 0.4) is 0 Å². The molecule has 4 rings (SSSR count). The summed E-state index contributed by atoms with van der Waals surface area (Å²) >= 11 is 7.08. The second kappa shape index (κ2) is 8.37. The Labute approximate surface area is 183 Å². The van der Waals surface area contributed by atoms with Crippen molar-refractivity contribution in [1.82, 2.24) is 9.13 Å². The first-order valence-corrected chi connectivity index (χ1v) is 10.3. The molecule has 0 radical (unpaired) electrons. The lowest BCUT2D eigenvalue weighted by molar-refractivity contribution is -0.116. The fourth-order valence-corrected chi connectivity index (χ4v) is 4.10. The van der Waals surface area contributed by atoms with Crippen LogP contribution in [0.5, 0.6) is 5.75 Å². The molecular weight excluding hydrogens is 445 g/mol. The maximum absolute atomic E-state index is 13.9. The van der Waals surface area contributed by atoms with Gasteiger partial charge in [0.1, 0.15) is 11.2 Å². The van der Waals surface area contributed by atoms with Gasteiger partial charge in [-0.15, -0.1) is 11.3 Å². The smallest absolute Gasteiger partial charge is 0.336 e. The molecule has 1 N–H and O–H groups in total. The molecule has 0 fully saturated rings. The maximum atomic E-state index is 13.9. The number of hydrogen-bond donors (Lipinski definition) is 1. The summed E-state index contributed by atoms with van der Waals surface area (Å²) in [6.45, 7) is -0.367. The molecule has 0 bridgehead atoms. The van der Waals surface area contributed by atoms with Crippen LogP contribution < -0.4 is 21.3 Å². The van der Waals surface area contributed by atoms with Gasteiger partial charge in [-0.3, -0.25) is 14.2 Å². The predicted octanol–water partition coefficient (Wildman–Crippen LogP) is 3.65. The monoisotopic (exact) mass is 459 g/mol. The zero-order chi connectivity index (χ0) is 22.1. The lowest BCUT2D eigenvalue weighted by atomic mass is 10.3. The Balaban J connectivity index is 1.74. The second-order valence-corrected chi connectivity index (χ2v) is 7.87. The molecular formula is C21H15ClFN3O4S. The van der Waals surface area contributed by atoms with E-state index in [9.17, 15) is 18.8 Å². The van der Waals surface area contributed by atoms with Gasteiger partial charge in [0.05, 0.1) is 18.3 Å². The standard InChI is InChI=1S/C21H15ClFN3O4S/c1-30-17-7-4-13(10-15(17)23)24-18(27)11-25-16-8-9-31-19(16)20(28)26(21(25)29)14-5-2-12(22)3-6-14/h2-10H,11H2,1H3,(H,24,27). The third-order valence-corrected chi connectivity index (χ3v) is 5.72. The molecule has 0 atom stereocenters.